The average Bonchev–Trinajstić information content (AvgIpc) is 3.14. The van der Waals surface area contributed by atoms with Gasteiger partial charge in [-0.1, -0.05) is 311 Å². The SMILES string of the molecule is CCCCCCCCCCCC(=O)OC[C@H](COP(=O)(O)OC[C@H](O)COP(=O)(O)OC[C@@H](COC(=O)CCCCCCCCCCCCC(C)CC)OC(=O)CCCCCCCCCCCCCCCCCC(C)C)OC(=O)CCCCCCCCCCC. The van der Waals surface area contributed by atoms with Gasteiger partial charge in [0.1, 0.15) is 19.3 Å². The highest BCUT2D eigenvalue weighted by molar-refractivity contribution is 7.47. The molecule has 0 aromatic heterocycles. The fraction of sp³-hybridized carbons (Fsp3) is 0.944. The van der Waals surface area contributed by atoms with Crippen molar-refractivity contribution in [3.8, 4) is 0 Å². The summed E-state index contributed by atoms with van der Waals surface area (Å²) >= 11 is 0. The van der Waals surface area contributed by atoms with Crippen LogP contribution in [0.25, 0.3) is 0 Å². The van der Waals surface area contributed by atoms with Crippen LogP contribution in [0.4, 0.5) is 0 Å². The van der Waals surface area contributed by atoms with Crippen molar-refractivity contribution in [1.82, 2.24) is 0 Å². The number of aliphatic hydroxyl groups excluding tert-OH is 1. The Labute approximate surface area is 549 Å². The normalized spacial score (nSPS) is 14.4. The summed E-state index contributed by atoms with van der Waals surface area (Å²) in [6.45, 7) is 9.58. The first-order valence-corrected chi connectivity index (χ1v) is 40.0. The first-order valence-electron chi connectivity index (χ1n) is 37.0. The Hall–Kier alpha value is -1.94. The van der Waals surface area contributed by atoms with Gasteiger partial charge in [0.2, 0.25) is 0 Å². The predicted octanol–water partition coefficient (Wildman–Crippen LogP) is 20.4. The van der Waals surface area contributed by atoms with Gasteiger partial charge in [0.05, 0.1) is 26.4 Å². The second kappa shape index (κ2) is 63.1. The molecule has 0 aromatic carbocycles. The summed E-state index contributed by atoms with van der Waals surface area (Å²) in [6.07, 6.45) is 48.5. The summed E-state index contributed by atoms with van der Waals surface area (Å²) in [7, 11) is -9.90. The summed E-state index contributed by atoms with van der Waals surface area (Å²) in [4.78, 5) is 72.5. The van der Waals surface area contributed by atoms with Crippen LogP contribution in [0, 0.1) is 11.8 Å². The molecule has 0 bridgehead atoms. The first-order chi connectivity index (χ1) is 43.4. The maximum atomic E-state index is 13.0. The summed E-state index contributed by atoms with van der Waals surface area (Å²) in [6, 6.07) is 0. The van der Waals surface area contributed by atoms with Crippen molar-refractivity contribution in [3.63, 3.8) is 0 Å². The number of hydrogen-bond donors (Lipinski definition) is 3. The first kappa shape index (κ1) is 88.1. The van der Waals surface area contributed by atoms with Crippen molar-refractivity contribution in [3.05, 3.63) is 0 Å². The highest BCUT2D eigenvalue weighted by Gasteiger charge is 2.30. The minimum atomic E-state index is -4.95. The maximum absolute atomic E-state index is 13.0. The van der Waals surface area contributed by atoms with E-state index in [0.29, 0.717) is 25.7 Å². The highest BCUT2D eigenvalue weighted by Crippen LogP contribution is 2.45. The lowest BCUT2D eigenvalue weighted by Crippen LogP contribution is -2.30. The predicted molar refractivity (Wildman–Crippen MR) is 363 cm³/mol. The Balaban J connectivity index is 5.21. The van der Waals surface area contributed by atoms with Gasteiger partial charge in [0.25, 0.3) is 0 Å². The van der Waals surface area contributed by atoms with Crippen molar-refractivity contribution in [2.75, 3.05) is 39.6 Å². The molecule has 0 saturated carbocycles. The lowest BCUT2D eigenvalue weighted by atomic mass is 9.99. The van der Waals surface area contributed by atoms with Crippen molar-refractivity contribution >= 4 is 39.5 Å². The fourth-order valence-electron chi connectivity index (χ4n) is 10.7. The van der Waals surface area contributed by atoms with Gasteiger partial charge in [-0.25, -0.2) is 9.13 Å². The van der Waals surface area contributed by atoms with E-state index in [4.69, 9.17) is 37.0 Å². The second-order valence-electron chi connectivity index (χ2n) is 26.3. The van der Waals surface area contributed by atoms with E-state index in [1.165, 1.54) is 180 Å². The molecule has 0 fully saturated rings. The van der Waals surface area contributed by atoms with Gasteiger partial charge in [-0.2, -0.15) is 0 Å². The molecule has 534 valence electrons. The summed E-state index contributed by atoms with van der Waals surface area (Å²) in [5.74, 6) is -0.512. The smallest absolute Gasteiger partial charge is 0.462 e. The van der Waals surface area contributed by atoms with E-state index in [2.05, 4.69) is 41.5 Å². The number of aliphatic hydroxyl groups is 1. The molecule has 3 unspecified atom stereocenters. The molecule has 0 aliphatic heterocycles. The quantitative estimate of drug-likeness (QED) is 0.0222. The number of carbonyl (C=O) groups is 4. The lowest BCUT2D eigenvalue weighted by molar-refractivity contribution is -0.161. The highest BCUT2D eigenvalue weighted by atomic mass is 31.2. The maximum Gasteiger partial charge on any atom is 0.472 e. The Kier molecular flexibility index (Phi) is 61.8. The zero-order chi connectivity index (χ0) is 66.5. The molecule has 0 spiro atoms. The molecular formula is C71H138O17P2. The average molecular weight is 1330 g/mol. The number of unbranched alkanes of at least 4 members (excludes halogenated alkanes) is 39. The van der Waals surface area contributed by atoms with E-state index in [-0.39, 0.29) is 25.7 Å². The van der Waals surface area contributed by atoms with Crippen molar-refractivity contribution in [2.24, 2.45) is 11.8 Å². The van der Waals surface area contributed by atoms with Crippen molar-refractivity contribution in [2.45, 2.75) is 381 Å². The van der Waals surface area contributed by atoms with Gasteiger partial charge in [-0.15, -0.1) is 0 Å². The van der Waals surface area contributed by atoms with Gasteiger partial charge < -0.3 is 33.8 Å². The minimum absolute atomic E-state index is 0.106. The van der Waals surface area contributed by atoms with Crippen molar-refractivity contribution in [1.29, 1.82) is 0 Å². The molecule has 0 rings (SSSR count). The van der Waals surface area contributed by atoms with Crippen LogP contribution in [0.2, 0.25) is 0 Å². The fourth-order valence-corrected chi connectivity index (χ4v) is 12.3. The molecule has 0 aliphatic rings. The van der Waals surface area contributed by atoms with Crippen LogP contribution in [0.5, 0.6) is 0 Å². The number of carbonyl (C=O) groups excluding carboxylic acids is 4. The molecule has 19 heteroatoms. The van der Waals surface area contributed by atoms with Crippen LogP contribution >= 0.6 is 15.6 Å². The molecule has 6 atom stereocenters. The molecule has 90 heavy (non-hydrogen) atoms. The lowest BCUT2D eigenvalue weighted by Gasteiger charge is -2.21. The van der Waals surface area contributed by atoms with E-state index in [1.807, 2.05) is 0 Å². The van der Waals surface area contributed by atoms with E-state index in [0.717, 1.165) is 102 Å². The molecule has 0 aliphatic carbocycles. The minimum Gasteiger partial charge on any atom is -0.462 e. The topological polar surface area (TPSA) is 237 Å². The van der Waals surface area contributed by atoms with Crippen LogP contribution < -0.4 is 0 Å². The largest absolute Gasteiger partial charge is 0.472 e. The monoisotopic (exact) mass is 1320 g/mol. The van der Waals surface area contributed by atoms with E-state index >= 15 is 0 Å². The van der Waals surface area contributed by atoms with Crippen LogP contribution in [-0.4, -0.2) is 96.7 Å². The van der Waals surface area contributed by atoms with Gasteiger partial charge in [-0.05, 0) is 37.5 Å². The van der Waals surface area contributed by atoms with E-state index in [9.17, 15) is 43.2 Å². The molecule has 0 amide bonds. The van der Waals surface area contributed by atoms with Crippen molar-refractivity contribution < 1.29 is 80.2 Å². The number of ether oxygens (including phenoxy) is 4. The Bertz CT molecular complexity index is 1750. The van der Waals surface area contributed by atoms with E-state index < -0.39 is 97.5 Å². The standard InChI is InChI=1S/C71H138O17P2/c1-7-10-12-14-16-27-35-41-47-53-68(73)81-59-66(87-70(75)55-49-43-37-28-17-15-13-11-8-2)61-85-89(77,78)83-57-65(72)58-84-90(79,80)86-62-67(60-82-69(74)54-48-42-36-31-26-25-30-34-40-46-52-64(6)9-3)88-71(76)56-50-44-38-32-24-22-20-18-19-21-23-29-33-39-45-51-63(4)5/h63-67,72H,7-62H2,1-6H3,(H,77,78)(H,79,80)/t64?,65-,66+,67+/m0/s1. The van der Waals surface area contributed by atoms with Gasteiger partial charge in [0.15, 0.2) is 12.2 Å². The van der Waals surface area contributed by atoms with Crippen LogP contribution in [-0.2, 0) is 65.4 Å². The molecule has 0 radical (unpaired) electrons. The third-order valence-corrected chi connectivity index (χ3v) is 18.7. The number of phosphoric ester groups is 2. The van der Waals surface area contributed by atoms with Crippen LogP contribution in [0.15, 0.2) is 0 Å². The summed E-state index contributed by atoms with van der Waals surface area (Å²) in [5.41, 5.74) is 0. The second-order valence-corrected chi connectivity index (χ2v) is 29.3. The molecular weight excluding hydrogens is 1190 g/mol. The van der Waals surface area contributed by atoms with Gasteiger partial charge >= 0.3 is 39.5 Å². The summed E-state index contributed by atoms with van der Waals surface area (Å²) in [5, 5.41) is 10.6. The summed E-state index contributed by atoms with van der Waals surface area (Å²) < 4.78 is 68.2. The molecule has 17 nitrogen and oxygen atoms in total. The Morgan fingerprint density at radius 3 is 0.844 bits per heavy atom. The van der Waals surface area contributed by atoms with Crippen LogP contribution in [0.1, 0.15) is 363 Å². The zero-order valence-corrected chi connectivity index (χ0v) is 60.2. The third kappa shape index (κ3) is 63.5. The van der Waals surface area contributed by atoms with E-state index in [1.54, 1.807) is 0 Å². The zero-order valence-electron chi connectivity index (χ0n) is 58.4. The molecule has 0 aromatic rings. The number of esters is 4. The molecule has 3 N–H and O–H groups in total. The number of rotatable bonds is 70. The third-order valence-electron chi connectivity index (χ3n) is 16.8. The molecule has 0 heterocycles. The number of hydrogen-bond acceptors (Lipinski definition) is 15. The Morgan fingerprint density at radius 2 is 0.567 bits per heavy atom. The van der Waals surface area contributed by atoms with Crippen LogP contribution in [0.3, 0.4) is 0 Å². The molecule has 0 saturated heterocycles. The Morgan fingerprint density at radius 1 is 0.322 bits per heavy atom. The number of phosphoric acid groups is 2. The van der Waals surface area contributed by atoms with Gasteiger partial charge in [-0.3, -0.25) is 37.3 Å². The van der Waals surface area contributed by atoms with Gasteiger partial charge in [0, 0.05) is 25.7 Å².